The fraction of sp³-hybridized carbons (Fsp3) is 0.654. The van der Waals surface area contributed by atoms with E-state index >= 15 is 0 Å². The topological polar surface area (TPSA) is 87.7 Å². The number of aryl methyl sites for hydroxylation is 2. The fourth-order valence-electron chi connectivity index (χ4n) is 4.04. The molecule has 0 spiro atoms. The maximum absolute atomic E-state index is 13.7. The van der Waals surface area contributed by atoms with Gasteiger partial charge in [0.2, 0.25) is 11.8 Å². The van der Waals surface area contributed by atoms with Crippen molar-refractivity contribution >= 4 is 17.9 Å². The molecular weight excluding hydrogens is 418 g/mol. The molecule has 1 aliphatic carbocycles. The van der Waals surface area contributed by atoms with Crippen LogP contribution in [0, 0.1) is 13.8 Å². The van der Waals surface area contributed by atoms with E-state index in [1.807, 2.05) is 26.0 Å². The summed E-state index contributed by atoms with van der Waals surface area (Å²) in [5.74, 6) is -0.460. The van der Waals surface area contributed by atoms with E-state index in [0.717, 1.165) is 48.8 Å². The first-order valence-corrected chi connectivity index (χ1v) is 12.1. The van der Waals surface area contributed by atoms with Crippen molar-refractivity contribution in [1.82, 2.24) is 15.5 Å². The number of alkyl carbamates (subject to hydrolysis) is 1. The van der Waals surface area contributed by atoms with E-state index in [1.165, 1.54) is 0 Å². The number of rotatable bonds is 9. The van der Waals surface area contributed by atoms with Crippen molar-refractivity contribution in [3.05, 3.63) is 34.9 Å². The van der Waals surface area contributed by atoms with E-state index in [0.29, 0.717) is 6.54 Å². The van der Waals surface area contributed by atoms with Crippen LogP contribution in [0.4, 0.5) is 4.79 Å². The van der Waals surface area contributed by atoms with Gasteiger partial charge in [0.1, 0.15) is 17.7 Å². The number of hydrogen-bond acceptors (Lipinski definition) is 4. The molecule has 0 saturated heterocycles. The molecule has 0 aliphatic heterocycles. The van der Waals surface area contributed by atoms with Gasteiger partial charge in [0.05, 0.1) is 0 Å². The maximum Gasteiger partial charge on any atom is 0.408 e. The highest BCUT2D eigenvalue weighted by atomic mass is 16.6. The van der Waals surface area contributed by atoms with E-state index < -0.39 is 23.8 Å². The van der Waals surface area contributed by atoms with Crippen molar-refractivity contribution in [2.45, 2.75) is 104 Å². The second-order valence-corrected chi connectivity index (χ2v) is 10.2. The van der Waals surface area contributed by atoms with Crippen LogP contribution in [-0.4, -0.2) is 47.0 Å². The Hall–Kier alpha value is -2.57. The van der Waals surface area contributed by atoms with Crippen LogP contribution in [-0.2, 0) is 14.3 Å². The summed E-state index contributed by atoms with van der Waals surface area (Å²) in [6, 6.07) is 4.39. The molecule has 184 valence electrons. The van der Waals surface area contributed by atoms with Gasteiger partial charge in [-0.15, -0.1) is 0 Å². The second kappa shape index (κ2) is 11.5. The lowest BCUT2D eigenvalue weighted by molar-refractivity contribution is -0.147. The first-order chi connectivity index (χ1) is 15.4. The summed E-state index contributed by atoms with van der Waals surface area (Å²) < 4.78 is 5.33. The zero-order valence-corrected chi connectivity index (χ0v) is 21.3. The minimum Gasteiger partial charge on any atom is -0.444 e. The number of unbranched alkanes of at least 4 members (excludes halogenated alkanes) is 1. The molecule has 3 amide bonds. The molecule has 0 bridgehead atoms. The lowest BCUT2D eigenvalue weighted by Crippen LogP contribution is -2.56. The smallest absolute Gasteiger partial charge is 0.408 e. The van der Waals surface area contributed by atoms with Crippen LogP contribution in [0.25, 0.3) is 0 Å². The Labute approximate surface area is 198 Å². The van der Waals surface area contributed by atoms with Gasteiger partial charge in [0.25, 0.3) is 0 Å². The van der Waals surface area contributed by atoms with Crippen LogP contribution in [0.2, 0.25) is 0 Å². The molecule has 2 rings (SSSR count). The number of ether oxygens (including phenoxy) is 1. The standard InChI is InChI=1S/C26H41N3O4/c1-8-9-13-27-23(30)22(20-15-17(2)14-18(3)16-20)29(21-11-10-12-21)24(31)19(4)28-25(32)33-26(5,6)7/h14-16,19,21-22H,8-13H2,1-7H3,(H,27,30)(H,28,32). The van der Waals surface area contributed by atoms with Crippen molar-refractivity contribution < 1.29 is 19.1 Å². The normalized spacial score (nSPS) is 15.7. The van der Waals surface area contributed by atoms with E-state index in [9.17, 15) is 14.4 Å². The molecule has 1 saturated carbocycles. The average molecular weight is 460 g/mol. The molecule has 1 aromatic rings. The molecule has 2 unspecified atom stereocenters. The largest absolute Gasteiger partial charge is 0.444 e. The predicted molar refractivity (Wildman–Crippen MR) is 130 cm³/mol. The molecule has 1 aromatic carbocycles. The van der Waals surface area contributed by atoms with E-state index in [-0.39, 0.29) is 17.9 Å². The Morgan fingerprint density at radius 1 is 1.12 bits per heavy atom. The van der Waals surface area contributed by atoms with E-state index in [4.69, 9.17) is 4.74 Å². The summed E-state index contributed by atoms with van der Waals surface area (Å²) in [5.41, 5.74) is 2.21. The molecule has 1 fully saturated rings. The van der Waals surface area contributed by atoms with Gasteiger partial charge in [-0.3, -0.25) is 9.59 Å². The maximum atomic E-state index is 13.7. The molecule has 1 aliphatic rings. The summed E-state index contributed by atoms with van der Waals surface area (Å²) in [5, 5.41) is 5.68. The van der Waals surface area contributed by atoms with Gasteiger partial charge in [-0.1, -0.05) is 42.7 Å². The van der Waals surface area contributed by atoms with Gasteiger partial charge < -0.3 is 20.3 Å². The molecule has 2 atom stereocenters. The van der Waals surface area contributed by atoms with Crippen LogP contribution in [0.5, 0.6) is 0 Å². The molecule has 7 heteroatoms. The van der Waals surface area contributed by atoms with Crippen LogP contribution in [0.1, 0.15) is 89.5 Å². The minimum atomic E-state index is -0.822. The highest BCUT2D eigenvalue weighted by molar-refractivity contribution is 5.92. The van der Waals surface area contributed by atoms with Gasteiger partial charge in [0, 0.05) is 12.6 Å². The third kappa shape index (κ3) is 7.76. The van der Waals surface area contributed by atoms with Crippen molar-refractivity contribution in [3.8, 4) is 0 Å². The van der Waals surface area contributed by atoms with Crippen molar-refractivity contribution in [2.75, 3.05) is 6.54 Å². The number of hydrogen-bond donors (Lipinski definition) is 2. The van der Waals surface area contributed by atoms with Crippen LogP contribution in [0.3, 0.4) is 0 Å². The van der Waals surface area contributed by atoms with Gasteiger partial charge in [-0.25, -0.2) is 4.79 Å². The summed E-state index contributed by atoms with van der Waals surface area (Å²) in [7, 11) is 0. The Morgan fingerprint density at radius 3 is 2.21 bits per heavy atom. The minimum absolute atomic E-state index is 0.0388. The zero-order chi connectivity index (χ0) is 24.8. The fourth-order valence-corrected chi connectivity index (χ4v) is 4.04. The number of carbonyl (C=O) groups is 3. The van der Waals surface area contributed by atoms with Gasteiger partial charge in [-0.2, -0.15) is 0 Å². The number of carbonyl (C=O) groups excluding carboxylic acids is 3. The molecule has 0 heterocycles. The molecule has 33 heavy (non-hydrogen) atoms. The summed E-state index contributed by atoms with van der Waals surface area (Å²) >= 11 is 0. The predicted octanol–water partition coefficient (Wildman–Crippen LogP) is 4.56. The Bertz CT molecular complexity index is 822. The summed E-state index contributed by atoms with van der Waals surface area (Å²) in [6.07, 6.45) is 3.89. The van der Waals surface area contributed by atoms with Crippen LogP contribution < -0.4 is 10.6 Å². The molecule has 7 nitrogen and oxygen atoms in total. The van der Waals surface area contributed by atoms with Gasteiger partial charge in [-0.05, 0) is 72.8 Å². The third-order valence-corrected chi connectivity index (χ3v) is 5.74. The average Bonchev–Trinajstić information content (AvgIpc) is 2.63. The molecule has 0 radical (unpaired) electrons. The summed E-state index contributed by atoms with van der Waals surface area (Å²) in [6.45, 7) is 13.6. The van der Waals surface area contributed by atoms with Crippen LogP contribution >= 0.6 is 0 Å². The quantitative estimate of drug-likeness (QED) is 0.530. The highest BCUT2D eigenvalue weighted by Crippen LogP contribution is 2.34. The van der Waals surface area contributed by atoms with Gasteiger partial charge in [0.15, 0.2) is 0 Å². The molecule has 2 N–H and O–H groups in total. The number of amides is 3. The Kier molecular flexibility index (Phi) is 9.32. The first-order valence-electron chi connectivity index (χ1n) is 12.1. The zero-order valence-electron chi connectivity index (χ0n) is 21.3. The molecular formula is C26H41N3O4. The Morgan fingerprint density at radius 2 is 1.73 bits per heavy atom. The first kappa shape index (κ1) is 26.7. The van der Waals surface area contributed by atoms with Crippen molar-refractivity contribution in [2.24, 2.45) is 0 Å². The second-order valence-electron chi connectivity index (χ2n) is 10.2. The SMILES string of the molecule is CCCCNC(=O)C(c1cc(C)cc(C)c1)N(C(=O)C(C)NC(=O)OC(C)(C)C)C1CCC1. The lowest BCUT2D eigenvalue weighted by atomic mass is 9.87. The Balaban J connectivity index is 2.37. The highest BCUT2D eigenvalue weighted by Gasteiger charge is 2.41. The number of nitrogens with one attached hydrogen (secondary N) is 2. The summed E-state index contributed by atoms with van der Waals surface area (Å²) in [4.78, 5) is 41.1. The third-order valence-electron chi connectivity index (χ3n) is 5.74. The van der Waals surface area contributed by atoms with Crippen LogP contribution in [0.15, 0.2) is 18.2 Å². The monoisotopic (exact) mass is 459 g/mol. The molecule has 0 aromatic heterocycles. The van der Waals surface area contributed by atoms with Gasteiger partial charge >= 0.3 is 6.09 Å². The van der Waals surface area contributed by atoms with E-state index in [2.05, 4.69) is 23.6 Å². The van der Waals surface area contributed by atoms with Crippen molar-refractivity contribution in [3.63, 3.8) is 0 Å². The number of nitrogens with zero attached hydrogens (tertiary/aromatic N) is 1. The van der Waals surface area contributed by atoms with E-state index in [1.54, 1.807) is 32.6 Å². The number of benzene rings is 1. The van der Waals surface area contributed by atoms with Crippen molar-refractivity contribution in [1.29, 1.82) is 0 Å². The lowest BCUT2D eigenvalue weighted by Gasteiger charge is -2.43.